The third-order valence-corrected chi connectivity index (χ3v) is 3.76. The summed E-state index contributed by atoms with van der Waals surface area (Å²) < 4.78 is 5.18. The smallest absolute Gasteiger partial charge is 0.230 e. The number of piperidine rings is 1. The molecule has 1 unspecified atom stereocenters. The molecule has 2 heterocycles. The molecule has 0 spiro atoms. The summed E-state index contributed by atoms with van der Waals surface area (Å²) in [4.78, 5) is 13.9. The predicted molar refractivity (Wildman–Crippen MR) is 68.0 cm³/mol. The summed E-state index contributed by atoms with van der Waals surface area (Å²) in [5.74, 6) is 1.19. The van der Waals surface area contributed by atoms with Gasteiger partial charge in [-0.05, 0) is 37.3 Å². The Balaban J connectivity index is 1.80. The predicted octanol–water partition coefficient (Wildman–Crippen LogP) is 1.83. The fourth-order valence-corrected chi connectivity index (χ4v) is 2.54. The van der Waals surface area contributed by atoms with Crippen LogP contribution in [-0.2, 0) is 11.2 Å². The highest BCUT2D eigenvalue weighted by atomic mass is 16.3. The summed E-state index contributed by atoms with van der Waals surface area (Å²) >= 11 is 0. The van der Waals surface area contributed by atoms with Crippen LogP contribution in [0.5, 0.6) is 0 Å². The standard InChI is InChI=1S/C14H21NO3/c1-2-13(16)11-5-7-15(8-6-11)14(17)10-12-4-3-9-18-12/h3-4,9,11,13,16H,2,5-8,10H2,1H3. The van der Waals surface area contributed by atoms with E-state index in [4.69, 9.17) is 4.42 Å². The average Bonchev–Trinajstić information content (AvgIpc) is 2.91. The molecule has 4 nitrogen and oxygen atoms in total. The van der Waals surface area contributed by atoms with Crippen LogP contribution in [0.2, 0.25) is 0 Å². The molecule has 0 aromatic carbocycles. The van der Waals surface area contributed by atoms with Gasteiger partial charge in [-0.1, -0.05) is 6.92 Å². The zero-order valence-electron chi connectivity index (χ0n) is 10.8. The van der Waals surface area contributed by atoms with Crippen molar-refractivity contribution < 1.29 is 14.3 Å². The van der Waals surface area contributed by atoms with Crippen molar-refractivity contribution in [1.82, 2.24) is 4.90 Å². The van der Waals surface area contributed by atoms with E-state index in [1.54, 1.807) is 12.3 Å². The van der Waals surface area contributed by atoms with Gasteiger partial charge in [-0.2, -0.15) is 0 Å². The first kappa shape index (κ1) is 13.1. The maximum atomic E-state index is 12.0. The highest BCUT2D eigenvalue weighted by molar-refractivity contribution is 5.78. The highest BCUT2D eigenvalue weighted by Crippen LogP contribution is 2.22. The molecule has 1 N–H and O–H groups in total. The Labute approximate surface area is 108 Å². The van der Waals surface area contributed by atoms with Crippen molar-refractivity contribution in [1.29, 1.82) is 0 Å². The normalized spacial score (nSPS) is 18.9. The van der Waals surface area contributed by atoms with E-state index < -0.39 is 0 Å². The van der Waals surface area contributed by atoms with E-state index in [0.29, 0.717) is 12.3 Å². The lowest BCUT2D eigenvalue weighted by Gasteiger charge is -2.34. The number of nitrogens with zero attached hydrogens (tertiary/aromatic N) is 1. The van der Waals surface area contributed by atoms with Gasteiger partial charge in [-0.25, -0.2) is 0 Å². The fourth-order valence-electron chi connectivity index (χ4n) is 2.54. The second-order valence-electron chi connectivity index (χ2n) is 4.95. The van der Waals surface area contributed by atoms with Gasteiger partial charge in [0.05, 0.1) is 18.8 Å². The van der Waals surface area contributed by atoms with Crippen molar-refractivity contribution in [3.8, 4) is 0 Å². The number of hydrogen-bond donors (Lipinski definition) is 1. The lowest BCUT2D eigenvalue weighted by Crippen LogP contribution is -2.41. The molecule has 0 aliphatic carbocycles. The zero-order valence-corrected chi connectivity index (χ0v) is 10.8. The number of carbonyl (C=O) groups excluding carboxylic acids is 1. The Morgan fingerprint density at radius 3 is 2.83 bits per heavy atom. The summed E-state index contributed by atoms with van der Waals surface area (Å²) in [5, 5.41) is 9.80. The number of carbonyl (C=O) groups is 1. The minimum Gasteiger partial charge on any atom is -0.469 e. The Morgan fingerprint density at radius 1 is 1.56 bits per heavy atom. The number of rotatable bonds is 4. The van der Waals surface area contributed by atoms with Gasteiger partial charge in [0.25, 0.3) is 0 Å². The van der Waals surface area contributed by atoms with Crippen molar-refractivity contribution in [3.63, 3.8) is 0 Å². The lowest BCUT2D eigenvalue weighted by atomic mass is 9.90. The van der Waals surface area contributed by atoms with Crippen molar-refractivity contribution in [2.45, 2.75) is 38.7 Å². The molecular formula is C14H21NO3. The number of amides is 1. The number of aliphatic hydroxyl groups is 1. The van der Waals surface area contributed by atoms with Gasteiger partial charge >= 0.3 is 0 Å². The zero-order chi connectivity index (χ0) is 13.0. The molecule has 4 heteroatoms. The van der Waals surface area contributed by atoms with Crippen LogP contribution in [0.1, 0.15) is 31.9 Å². The van der Waals surface area contributed by atoms with Gasteiger partial charge < -0.3 is 14.4 Å². The summed E-state index contributed by atoms with van der Waals surface area (Å²) in [6.45, 7) is 3.50. The van der Waals surface area contributed by atoms with Crippen LogP contribution in [0, 0.1) is 5.92 Å². The number of furan rings is 1. The molecule has 0 saturated carbocycles. The van der Waals surface area contributed by atoms with E-state index in [-0.39, 0.29) is 12.0 Å². The van der Waals surface area contributed by atoms with E-state index in [9.17, 15) is 9.90 Å². The van der Waals surface area contributed by atoms with Crippen molar-refractivity contribution in [2.24, 2.45) is 5.92 Å². The van der Waals surface area contributed by atoms with E-state index >= 15 is 0 Å². The SMILES string of the molecule is CCC(O)C1CCN(C(=O)Cc2ccco2)CC1. The maximum absolute atomic E-state index is 12.0. The summed E-state index contributed by atoms with van der Waals surface area (Å²) in [7, 11) is 0. The van der Waals surface area contributed by atoms with Gasteiger partial charge in [0.15, 0.2) is 0 Å². The number of hydrogen-bond acceptors (Lipinski definition) is 3. The van der Waals surface area contributed by atoms with Gasteiger partial charge in [0.1, 0.15) is 5.76 Å². The quantitative estimate of drug-likeness (QED) is 0.888. The van der Waals surface area contributed by atoms with Crippen LogP contribution in [0.25, 0.3) is 0 Å². The number of aliphatic hydroxyl groups excluding tert-OH is 1. The topological polar surface area (TPSA) is 53.7 Å². The molecule has 2 rings (SSSR count). The lowest BCUT2D eigenvalue weighted by molar-refractivity contribution is -0.132. The Bertz CT molecular complexity index is 366. The molecule has 18 heavy (non-hydrogen) atoms. The summed E-state index contributed by atoms with van der Waals surface area (Å²) in [6.07, 6.45) is 4.32. The number of likely N-dealkylation sites (tertiary alicyclic amines) is 1. The van der Waals surface area contributed by atoms with E-state index in [1.165, 1.54) is 0 Å². The molecule has 0 bridgehead atoms. The van der Waals surface area contributed by atoms with Crippen LogP contribution >= 0.6 is 0 Å². The van der Waals surface area contributed by atoms with E-state index in [2.05, 4.69) is 0 Å². The average molecular weight is 251 g/mol. The second kappa shape index (κ2) is 6.05. The van der Waals surface area contributed by atoms with Crippen molar-refractivity contribution >= 4 is 5.91 Å². The Kier molecular flexibility index (Phi) is 4.42. The first-order chi connectivity index (χ1) is 8.70. The molecule has 1 aromatic heterocycles. The van der Waals surface area contributed by atoms with Gasteiger partial charge in [0.2, 0.25) is 5.91 Å². The monoisotopic (exact) mass is 251 g/mol. The Morgan fingerprint density at radius 2 is 2.28 bits per heavy atom. The minimum absolute atomic E-state index is 0.120. The fraction of sp³-hybridized carbons (Fsp3) is 0.643. The van der Waals surface area contributed by atoms with Crippen LogP contribution in [0.3, 0.4) is 0 Å². The summed E-state index contributed by atoms with van der Waals surface area (Å²) in [6, 6.07) is 3.62. The van der Waals surface area contributed by atoms with E-state index in [1.807, 2.05) is 17.9 Å². The van der Waals surface area contributed by atoms with Crippen molar-refractivity contribution in [3.05, 3.63) is 24.2 Å². The molecule has 1 saturated heterocycles. The Hall–Kier alpha value is -1.29. The third-order valence-electron chi connectivity index (χ3n) is 3.76. The van der Waals surface area contributed by atoms with Crippen LogP contribution in [-0.4, -0.2) is 35.1 Å². The van der Waals surface area contributed by atoms with Crippen LogP contribution in [0.15, 0.2) is 22.8 Å². The maximum Gasteiger partial charge on any atom is 0.230 e. The first-order valence-corrected chi connectivity index (χ1v) is 6.69. The highest BCUT2D eigenvalue weighted by Gasteiger charge is 2.26. The third kappa shape index (κ3) is 3.13. The first-order valence-electron chi connectivity index (χ1n) is 6.69. The molecule has 1 amide bonds. The molecule has 1 aromatic rings. The van der Waals surface area contributed by atoms with E-state index in [0.717, 1.165) is 38.1 Å². The van der Waals surface area contributed by atoms with Gasteiger partial charge in [-0.15, -0.1) is 0 Å². The minimum atomic E-state index is -0.215. The van der Waals surface area contributed by atoms with Gasteiger partial charge in [0, 0.05) is 13.1 Å². The molecule has 1 atom stereocenters. The molecule has 100 valence electrons. The molecule has 0 radical (unpaired) electrons. The van der Waals surface area contributed by atoms with Crippen LogP contribution < -0.4 is 0 Å². The summed E-state index contributed by atoms with van der Waals surface area (Å²) in [5.41, 5.74) is 0. The van der Waals surface area contributed by atoms with Gasteiger partial charge in [-0.3, -0.25) is 4.79 Å². The molecule has 1 fully saturated rings. The molecule has 1 aliphatic rings. The van der Waals surface area contributed by atoms with Crippen molar-refractivity contribution in [2.75, 3.05) is 13.1 Å². The largest absolute Gasteiger partial charge is 0.469 e. The second-order valence-corrected chi connectivity index (χ2v) is 4.95. The molecule has 1 aliphatic heterocycles. The molecular weight excluding hydrogens is 230 g/mol. The van der Waals surface area contributed by atoms with Crippen LogP contribution in [0.4, 0.5) is 0 Å².